The van der Waals surface area contributed by atoms with Crippen molar-refractivity contribution in [2.24, 2.45) is 0 Å². The normalized spacial score (nSPS) is 14.9. The molecule has 4 heteroatoms. The van der Waals surface area contributed by atoms with Gasteiger partial charge in [0.15, 0.2) is 0 Å². The lowest BCUT2D eigenvalue weighted by Gasteiger charge is -2.12. The zero-order valence-electron chi connectivity index (χ0n) is 10.8. The number of fused-ring (bicyclic) bond motifs is 1. The standard InChI is InChI=1S/C15H14BrNO2/c1-7-5-11(16)8(2)13-10(15(18)19)6-12(9-3-4-9)17-14(7)13/h5-6,9H,3-4H2,1-2H3,(H,18,19). The van der Waals surface area contributed by atoms with Crippen molar-refractivity contribution in [3.63, 3.8) is 0 Å². The monoisotopic (exact) mass is 319 g/mol. The molecule has 0 unspecified atom stereocenters. The number of halogens is 1. The Morgan fingerprint density at radius 2 is 2.05 bits per heavy atom. The molecule has 3 nitrogen and oxygen atoms in total. The van der Waals surface area contributed by atoms with Crippen LogP contribution in [-0.4, -0.2) is 16.1 Å². The van der Waals surface area contributed by atoms with Crippen molar-refractivity contribution in [2.45, 2.75) is 32.6 Å². The van der Waals surface area contributed by atoms with E-state index in [2.05, 4.69) is 15.9 Å². The van der Waals surface area contributed by atoms with Crippen molar-refractivity contribution in [1.29, 1.82) is 0 Å². The van der Waals surface area contributed by atoms with Crippen LogP contribution in [0.25, 0.3) is 10.9 Å². The van der Waals surface area contributed by atoms with Crippen LogP contribution in [0.1, 0.15) is 45.9 Å². The first-order chi connectivity index (χ1) is 8.99. The molecule has 1 N–H and O–H groups in total. The lowest BCUT2D eigenvalue weighted by molar-refractivity contribution is 0.0699. The van der Waals surface area contributed by atoms with E-state index in [9.17, 15) is 9.90 Å². The minimum absolute atomic E-state index is 0.369. The summed E-state index contributed by atoms with van der Waals surface area (Å²) in [6.07, 6.45) is 2.23. The fourth-order valence-electron chi connectivity index (χ4n) is 2.47. The van der Waals surface area contributed by atoms with Crippen molar-refractivity contribution in [2.75, 3.05) is 0 Å². The van der Waals surface area contributed by atoms with Crippen LogP contribution in [0.2, 0.25) is 0 Å². The van der Waals surface area contributed by atoms with Gasteiger partial charge >= 0.3 is 5.97 Å². The quantitative estimate of drug-likeness (QED) is 0.902. The smallest absolute Gasteiger partial charge is 0.336 e. The van der Waals surface area contributed by atoms with Gasteiger partial charge in [-0.3, -0.25) is 4.98 Å². The molecule has 1 saturated carbocycles. The number of hydrogen-bond acceptors (Lipinski definition) is 2. The largest absolute Gasteiger partial charge is 0.478 e. The molecule has 1 aromatic carbocycles. The summed E-state index contributed by atoms with van der Waals surface area (Å²) >= 11 is 3.49. The van der Waals surface area contributed by atoms with E-state index in [4.69, 9.17) is 4.98 Å². The van der Waals surface area contributed by atoms with Crippen molar-refractivity contribution in [1.82, 2.24) is 4.98 Å². The summed E-state index contributed by atoms with van der Waals surface area (Å²) in [5.74, 6) is -0.430. The van der Waals surface area contributed by atoms with E-state index in [0.29, 0.717) is 11.5 Å². The molecule has 0 bridgehead atoms. The Bertz CT molecular complexity index is 705. The number of carbonyl (C=O) groups is 1. The lowest BCUT2D eigenvalue weighted by Crippen LogP contribution is -2.04. The van der Waals surface area contributed by atoms with Gasteiger partial charge in [0.05, 0.1) is 11.1 Å². The second-order valence-electron chi connectivity index (χ2n) is 5.20. The Hall–Kier alpha value is -1.42. The number of nitrogens with zero attached hydrogens (tertiary/aromatic N) is 1. The topological polar surface area (TPSA) is 50.2 Å². The zero-order valence-corrected chi connectivity index (χ0v) is 12.4. The third-order valence-electron chi connectivity index (χ3n) is 3.72. The molecule has 1 aliphatic rings. The summed E-state index contributed by atoms with van der Waals surface area (Å²) in [6, 6.07) is 3.76. The Balaban J connectivity index is 2.43. The van der Waals surface area contributed by atoms with Crippen molar-refractivity contribution in [3.05, 3.63) is 39.0 Å². The molecule has 1 aromatic heterocycles. The average molecular weight is 320 g/mol. The molecule has 0 radical (unpaired) electrons. The Labute approximate surface area is 119 Å². The van der Waals surface area contributed by atoms with Gasteiger partial charge in [-0.25, -0.2) is 4.79 Å². The first-order valence-corrected chi connectivity index (χ1v) is 7.12. The maximum absolute atomic E-state index is 11.5. The second-order valence-corrected chi connectivity index (χ2v) is 6.05. The Kier molecular flexibility index (Phi) is 2.86. The van der Waals surface area contributed by atoms with Gasteiger partial charge in [-0.05, 0) is 49.9 Å². The molecule has 0 spiro atoms. The molecule has 1 fully saturated rings. The highest BCUT2D eigenvalue weighted by molar-refractivity contribution is 9.10. The number of carboxylic acid groups (broad SMARTS) is 1. The molecule has 2 aromatic rings. The predicted molar refractivity (Wildman–Crippen MR) is 77.9 cm³/mol. The number of aryl methyl sites for hydroxylation is 2. The summed E-state index contributed by atoms with van der Waals surface area (Å²) in [5.41, 5.74) is 4.07. The summed E-state index contributed by atoms with van der Waals surface area (Å²) < 4.78 is 0.931. The summed E-state index contributed by atoms with van der Waals surface area (Å²) in [7, 11) is 0. The first kappa shape index (κ1) is 12.6. The summed E-state index contributed by atoms with van der Waals surface area (Å²) in [4.78, 5) is 16.2. The maximum atomic E-state index is 11.5. The second kappa shape index (κ2) is 4.30. The summed E-state index contributed by atoms with van der Waals surface area (Å²) in [5, 5.41) is 10.2. The fourth-order valence-corrected chi connectivity index (χ4v) is 3.01. The molecule has 0 saturated heterocycles. The average Bonchev–Trinajstić information content (AvgIpc) is 3.18. The zero-order chi connectivity index (χ0) is 13.7. The van der Waals surface area contributed by atoms with Gasteiger partial charge in [-0.2, -0.15) is 0 Å². The van der Waals surface area contributed by atoms with Gasteiger partial charge in [-0.15, -0.1) is 0 Å². The van der Waals surface area contributed by atoms with E-state index in [1.54, 1.807) is 6.07 Å². The van der Waals surface area contributed by atoms with Crippen molar-refractivity contribution >= 4 is 32.8 Å². The molecular weight excluding hydrogens is 306 g/mol. The highest BCUT2D eigenvalue weighted by atomic mass is 79.9. The number of benzene rings is 1. The molecule has 0 amide bonds. The first-order valence-electron chi connectivity index (χ1n) is 6.32. The number of carboxylic acids is 1. The van der Waals surface area contributed by atoms with Crippen molar-refractivity contribution < 1.29 is 9.90 Å². The minimum Gasteiger partial charge on any atom is -0.478 e. The Morgan fingerprint density at radius 3 is 2.63 bits per heavy atom. The number of rotatable bonds is 2. The SMILES string of the molecule is Cc1cc(Br)c(C)c2c(C(=O)O)cc(C3CC3)nc12. The van der Waals surface area contributed by atoms with Crippen molar-refractivity contribution in [3.8, 4) is 0 Å². The van der Waals surface area contributed by atoms with E-state index < -0.39 is 5.97 Å². The van der Waals surface area contributed by atoms with Crippen LogP contribution in [0, 0.1) is 13.8 Å². The maximum Gasteiger partial charge on any atom is 0.336 e. The van der Waals surface area contributed by atoms with Crippen LogP contribution in [0.4, 0.5) is 0 Å². The van der Waals surface area contributed by atoms with Gasteiger partial charge in [0, 0.05) is 21.5 Å². The number of hydrogen-bond donors (Lipinski definition) is 1. The van der Waals surface area contributed by atoms with Gasteiger partial charge in [0.2, 0.25) is 0 Å². The number of aromatic nitrogens is 1. The molecule has 0 atom stereocenters. The van der Waals surface area contributed by atoms with Crippen LogP contribution in [0.5, 0.6) is 0 Å². The highest BCUT2D eigenvalue weighted by Crippen LogP contribution is 2.41. The molecule has 98 valence electrons. The van der Waals surface area contributed by atoms with E-state index in [1.807, 2.05) is 19.9 Å². The van der Waals surface area contributed by atoms with Crippen LogP contribution in [0.15, 0.2) is 16.6 Å². The highest BCUT2D eigenvalue weighted by Gasteiger charge is 2.27. The van der Waals surface area contributed by atoms with Gasteiger partial charge in [0.1, 0.15) is 0 Å². The minimum atomic E-state index is -0.880. The molecule has 1 aliphatic carbocycles. The van der Waals surface area contributed by atoms with E-state index in [0.717, 1.165) is 45.0 Å². The Morgan fingerprint density at radius 1 is 1.37 bits per heavy atom. The van der Waals surface area contributed by atoms with Gasteiger partial charge < -0.3 is 5.11 Å². The van der Waals surface area contributed by atoms with Crippen LogP contribution < -0.4 is 0 Å². The van der Waals surface area contributed by atoms with E-state index in [1.165, 1.54) is 0 Å². The molecule has 1 heterocycles. The molecular formula is C15H14BrNO2. The summed E-state index contributed by atoms with van der Waals surface area (Å²) in [6.45, 7) is 3.90. The lowest BCUT2D eigenvalue weighted by atomic mass is 9.99. The molecule has 19 heavy (non-hydrogen) atoms. The van der Waals surface area contributed by atoms with Crippen LogP contribution in [-0.2, 0) is 0 Å². The third kappa shape index (κ3) is 2.04. The predicted octanol–water partition coefficient (Wildman–Crippen LogP) is 4.19. The molecule has 3 rings (SSSR count). The van der Waals surface area contributed by atoms with E-state index >= 15 is 0 Å². The number of pyridine rings is 1. The van der Waals surface area contributed by atoms with E-state index in [-0.39, 0.29) is 0 Å². The fraction of sp³-hybridized carbons (Fsp3) is 0.333. The molecule has 0 aliphatic heterocycles. The van der Waals surface area contributed by atoms with Gasteiger partial charge in [0.25, 0.3) is 0 Å². The van der Waals surface area contributed by atoms with Crippen LogP contribution >= 0.6 is 15.9 Å². The van der Waals surface area contributed by atoms with Gasteiger partial charge in [-0.1, -0.05) is 15.9 Å². The third-order valence-corrected chi connectivity index (χ3v) is 4.54. The van der Waals surface area contributed by atoms with Crippen LogP contribution in [0.3, 0.4) is 0 Å². The number of aromatic carboxylic acids is 1.